The van der Waals surface area contributed by atoms with Crippen LogP contribution in [0.2, 0.25) is 0 Å². The fourth-order valence-corrected chi connectivity index (χ4v) is 3.83. The fourth-order valence-electron chi connectivity index (χ4n) is 2.99. The summed E-state index contributed by atoms with van der Waals surface area (Å²) in [4.78, 5) is 15.0. The van der Waals surface area contributed by atoms with Crippen molar-refractivity contribution >= 4 is 26.0 Å². The minimum absolute atomic E-state index is 0.0905. The molecule has 0 radical (unpaired) electrons. The van der Waals surface area contributed by atoms with E-state index in [0.717, 1.165) is 18.4 Å². The van der Waals surface area contributed by atoms with Crippen LogP contribution in [0.5, 0.6) is 5.75 Å². The van der Waals surface area contributed by atoms with Crippen LogP contribution >= 0.6 is 15.9 Å². The highest BCUT2D eigenvalue weighted by Gasteiger charge is 2.18. The number of ether oxygens (including phenoxy) is 1. The molecule has 0 aliphatic heterocycles. The molecule has 0 aliphatic carbocycles. The summed E-state index contributed by atoms with van der Waals surface area (Å²) in [6.07, 6.45) is 1.07. The van der Waals surface area contributed by atoms with Crippen LogP contribution in [0, 0.1) is 18.6 Å². The van der Waals surface area contributed by atoms with Crippen molar-refractivity contribution in [1.29, 1.82) is 0 Å². The number of hydrogen-bond donors (Lipinski definition) is 2. The normalized spacial score (nSPS) is 11.5. The summed E-state index contributed by atoms with van der Waals surface area (Å²) in [5.41, 5.74) is 2.12. The van der Waals surface area contributed by atoms with Crippen molar-refractivity contribution in [3.63, 3.8) is 0 Å². The van der Waals surface area contributed by atoms with Crippen LogP contribution in [-0.2, 0) is 23.2 Å². The number of benzene rings is 2. The highest BCUT2D eigenvalue weighted by molar-refractivity contribution is 9.10. The Labute approximate surface area is 186 Å². The molecule has 0 amide bonds. The number of pyridine rings is 1. The van der Waals surface area contributed by atoms with Gasteiger partial charge in [0, 0.05) is 29.4 Å². The lowest BCUT2D eigenvalue weighted by atomic mass is 10.0. The number of hydrogen-bond acceptors (Lipinski definition) is 4. The van der Waals surface area contributed by atoms with Gasteiger partial charge in [0.1, 0.15) is 28.5 Å². The lowest BCUT2D eigenvalue weighted by Crippen LogP contribution is -2.21. The molecule has 3 aromatic rings. The Hall–Kier alpha value is -2.56. The van der Waals surface area contributed by atoms with Crippen LogP contribution < -0.4 is 15.0 Å². The van der Waals surface area contributed by atoms with Gasteiger partial charge in [0.2, 0.25) is 10.0 Å². The molecule has 6 nitrogen and oxygen atoms in total. The van der Waals surface area contributed by atoms with Gasteiger partial charge in [-0.1, -0.05) is 18.2 Å². The van der Waals surface area contributed by atoms with Crippen molar-refractivity contribution in [1.82, 2.24) is 9.71 Å². The summed E-state index contributed by atoms with van der Waals surface area (Å²) in [5, 5.41) is 0. The molecule has 0 bridgehead atoms. The van der Waals surface area contributed by atoms with Crippen molar-refractivity contribution in [2.75, 3.05) is 6.26 Å². The highest BCUT2D eigenvalue weighted by Crippen LogP contribution is 2.37. The number of halogens is 3. The molecule has 3 rings (SSSR count). The van der Waals surface area contributed by atoms with Crippen LogP contribution in [0.25, 0.3) is 11.1 Å². The SMILES string of the molecule is Cc1[nH]c(=O)c(Br)c(OCc2ccc(F)cc2F)c1-c1cccc(CNS(C)(=O)=O)c1. The van der Waals surface area contributed by atoms with E-state index in [1.165, 1.54) is 6.07 Å². The molecule has 2 aromatic carbocycles. The standard InChI is InChI=1S/C21H19BrF2N2O4S/c1-12-18(14-5-3-4-13(8-14)10-25-31(2,28)29)20(19(22)21(27)26-12)30-11-15-6-7-16(23)9-17(15)24/h3-9,25H,10-11H2,1-2H3,(H,26,27). The number of aryl methyl sites for hydroxylation is 1. The van der Waals surface area contributed by atoms with Crippen molar-refractivity contribution in [2.24, 2.45) is 0 Å². The van der Waals surface area contributed by atoms with Gasteiger partial charge in [-0.25, -0.2) is 21.9 Å². The Kier molecular flexibility index (Phi) is 6.93. The number of aromatic nitrogens is 1. The Balaban J connectivity index is 2.01. The molecule has 0 saturated carbocycles. The predicted molar refractivity (Wildman–Crippen MR) is 117 cm³/mol. The Morgan fingerprint density at radius 2 is 1.90 bits per heavy atom. The number of nitrogens with one attached hydrogen (secondary N) is 2. The van der Waals surface area contributed by atoms with Crippen molar-refractivity contribution < 1.29 is 21.9 Å². The van der Waals surface area contributed by atoms with Crippen LogP contribution in [0.15, 0.2) is 51.7 Å². The molecule has 164 valence electrons. The summed E-state index contributed by atoms with van der Waals surface area (Å²) >= 11 is 3.23. The van der Waals surface area contributed by atoms with Crippen molar-refractivity contribution in [2.45, 2.75) is 20.1 Å². The van der Waals surface area contributed by atoms with Gasteiger partial charge < -0.3 is 9.72 Å². The Bertz CT molecular complexity index is 1290. The fraction of sp³-hybridized carbons (Fsp3) is 0.190. The first-order valence-corrected chi connectivity index (χ1v) is 11.8. The van der Waals surface area contributed by atoms with Gasteiger partial charge in [-0.2, -0.15) is 0 Å². The molecule has 31 heavy (non-hydrogen) atoms. The Morgan fingerprint density at radius 3 is 2.58 bits per heavy atom. The van der Waals surface area contributed by atoms with Crippen LogP contribution in [0.3, 0.4) is 0 Å². The van der Waals surface area contributed by atoms with Gasteiger partial charge in [-0.05, 0) is 52.2 Å². The van der Waals surface area contributed by atoms with Gasteiger partial charge in [0.25, 0.3) is 5.56 Å². The third-order valence-corrected chi connectivity index (χ3v) is 5.83. The largest absolute Gasteiger partial charge is 0.487 e. The minimum atomic E-state index is -3.37. The first-order valence-electron chi connectivity index (χ1n) is 9.08. The smallest absolute Gasteiger partial charge is 0.266 e. The lowest BCUT2D eigenvalue weighted by molar-refractivity contribution is 0.298. The van der Waals surface area contributed by atoms with E-state index < -0.39 is 27.2 Å². The molecule has 10 heteroatoms. The first kappa shape index (κ1) is 23.1. The lowest BCUT2D eigenvalue weighted by Gasteiger charge is -2.16. The van der Waals surface area contributed by atoms with E-state index in [2.05, 4.69) is 25.6 Å². The maximum Gasteiger partial charge on any atom is 0.266 e. The first-order chi connectivity index (χ1) is 14.5. The minimum Gasteiger partial charge on any atom is -0.487 e. The van der Waals surface area contributed by atoms with Crippen LogP contribution in [0.4, 0.5) is 8.78 Å². The summed E-state index contributed by atoms with van der Waals surface area (Å²) in [5.74, 6) is -1.26. The zero-order valence-electron chi connectivity index (χ0n) is 16.6. The second-order valence-corrected chi connectivity index (χ2v) is 9.54. The molecule has 0 unspecified atom stereocenters. The molecule has 1 aromatic heterocycles. The number of H-pyrrole nitrogens is 1. The molecule has 0 aliphatic rings. The summed E-state index contributed by atoms with van der Waals surface area (Å²) in [7, 11) is -3.37. The zero-order valence-corrected chi connectivity index (χ0v) is 19.0. The predicted octanol–water partition coefficient (Wildman–Crippen LogP) is 4.02. The molecular formula is C21H19BrF2N2O4S. The highest BCUT2D eigenvalue weighted by atomic mass is 79.9. The number of sulfonamides is 1. The third kappa shape index (κ3) is 5.78. The Morgan fingerprint density at radius 1 is 1.16 bits per heavy atom. The average molecular weight is 513 g/mol. The van der Waals surface area contributed by atoms with Crippen LogP contribution in [-0.4, -0.2) is 19.7 Å². The van der Waals surface area contributed by atoms with Gasteiger partial charge in [-0.3, -0.25) is 4.79 Å². The molecule has 2 N–H and O–H groups in total. The van der Waals surface area contributed by atoms with Gasteiger partial charge in [-0.15, -0.1) is 0 Å². The maximum atomic E-state index is 14.0. The van der Waals surface area contributed by atoms with E-state index in [9.17, 15) is 22.0 Å². The molecule has 1 heterocycles. The topological polar surface area (TPSA) is 88.3 Å². The third-order valence-electron chi connectivity index (χ3n) is 4.44. The molecule has 0 fully saturated rings. The van der Waals surface area contributed by atoms with E-state index in [4.69, 9.17) is 4.74 Å². The molecule has 0 saturated heterocycles. The quantitative estimate of drug-likeness (QED) is 0.500. The molecular weight excluding hydrogens is 494 g/mol. The van der Waals surface area contributed by atoms with Crippen LogP contribution in [0.1, 0.15) is 16.8 Å². The monoisotopic (exact) mass is 512 g/mol. The summed E-state index contributed by atoms with van der Waals surface area (Å²) < 4.78 is 58.3. The van der Waals surface area contributed by atoms with Crippen molar-refractivity contribution in [3.05, 3.63) is 85.7 Å². The number of rotatable bonds is 7. The maximum absolute atomic E-state index is 14.0. The molecule has 0 atom stereocenters. The summed E-state index contributed by atoms with van der Waals surface area (Å²) in [6, 6.07) is 10.2. The van der Waals surface area contributed by atoms with Gasteiger partial charge >= 0.3 is 0 Å². The molecule has 0 spiro atoms. The number of aromatic amines is 1. The van der Waals surface area contributed by atoms with Gasteiger partial charge in [0.05, 0.1) is 6.26 Å². The van der Waals surface area contributed by atoms with E-state index in [1.54, 1.807) is 31.2 Å². The average Bonchev–Trinajstić information content (AvgIpc) is 2.69. The van der Waals surface area contributed by atoms with E-state index in [-0.39, 0.29) is 28.9 Å². The van der Waals surface area contributed by atoms with Gasteiger partial charge in [0.15, 0.2) is 0 Å². The van der Waals surface area contributed by atoms with E-state index >= 15 is 0 Å². The zero-order chi connectivity index (χ0) is 22.8. The second kappa shape index (κ2) is 9.29. The summed E-state index contributed by atoms with van der Waals surface area (Å²) in [6.45, 7) is 1.55. The van der Waals surface area contributed by atoms with E-state index in [1.807, 2.05) is 0 Å². The van der Waals surface area contributed by atoms with E-state index in [0.29, 0.717) is 22.4 Å². The van der Waals surface area contributed by atoms with Crippen molar-refractivity contribution in [3.8, 4) is 16.9 Å². The second-order valence-electron chi connectivity index (χ2n) is 6.92.